The minimum atomic E-state index is -0.994. The van der Waals surface area contributed by atoms with Gasteiger partial charge in [-0.1, -0.05) is 45.4 Å². The molecule has 0 aromatic carbocycles. The van der Waals surface area contributed by atoms with E-state index in [-0.39, 0.29) is 6.61 Å². The van der Waals surface area contributed by atoms with E-state index in [0.717, 1.165) is 12.8 Å². The highest BCUT2D eigenvalue weighted by atomic mass is 32.1. The molecule has 0 unspecified atom stereocenters. The second-order valence-electron chi connectivity index (χ2n) is 5.69. The summed E-state index contributed by atoms with van der Waals surface area (Å²) in [6.45, 7) is 2.39. The number of hydrogen-bond donors (Lipinski definition) is 4. The van der Waals surface area contributed by atoms with Crippen LogP contribution in [-0.4, -0.2) is 58.4 Å². The molecule has 0 amide bonds. The first-order valence-electron chi connectivity index (χ1n) is 8.04. The Morgan fingerprint density at radius 1 is 1.00 bits per heavy atom. The van der Waals surface area contributed by atoms with Crippen LogP contribution in [0.5, 0.6) is 0 Å². The number of thiol groups is 1. The Balaban J connectivity index is 2.16. The van der Waals surface area contributed by atoms with Gasteiger partial charge in [-0.25, -0.2) is 0 Å². The number of unbranched alkanes of at least 4 members (excludes halogenated alkanes) is 6. The molecule has 6 heteroatoms. The van der Waals surface area contributed by atoms with E-state index in [1.54, 1.807) is 0 Å². The lowest BCUT2D eigenvalue weighted by Crippen LogP contribution is -2.57. The van der Waals surface area contributed by atoms with Crippen LogP contribution in [0, 0.1) is 0 Å². The lowest BCUT2D eigenvalue weighted by atomic mass is 10.0. The maximum absolute atomic E-state index is 9.95. The molecule has 3 N–H and O–H groups in total. The SMILES string of the molecule is CCCCCCCCCO[C@H]1O[C@H](CO)[C@@H](O)[C@@H](S)[C@H]1O. The molecule has 0 aliphatic carbocycles. The molecule has 0 saturated carbocycles. The Bertz CT molecular complexity index is 264. The number of aliphatic hydroxyl groups is 3. The third-order valence-corrected chi connectivity index (χ3v) is 4.49. The molecular weight excluding hydrogens is 292 g/mol. The summed E-state index contributed by atoms with van der Waals surface area (Å²) in [6, 6.07) is 0. The molecule has 1 aliphatic heterocycles. The van der Waals surface area contributed by atoms with Crippen LogP contribution in [-0.2, 0) is 9.47 Å². The van der Waals surface area contributed by atoms with Crippen molar-refractivity contribution in [3.05, 3.63) is 0 Å². The molecule has 0 spiro atoms. The quantitative estimate of drug-likeness (QED) is 0.362. The van der Waals surface area contributed by atoms with Gasteiger partial charge in [-0.05, 0) is 6.42 Å². The van der Waals surface area contributed by atoms with Gasteiger partial charge in [0, 0.05) is 6.61 Å². The zero-order valence-electron chi connectivity index (χ0n) is 12.9. The van der Waals surface area contributed by atoms with Gasteiger partial charge in [0.1, 0.15) is 12.2 Å². The van der Waals surface area contributed by atoms with Crippen molar-refractivity contribution >= 4 is 12.6 Å². The Hall–Kier alpha value is 0.150. The van der Waals surface area contributed by atoms with Crippen LogP contribution >= 0.6 is 12.6 Å². The number of aliphatic hydroxyl groups excluding tert-OH is 3. The first kappa shape index (κ1) is 19.2. The van der Waals surface area contributed by atoms with E-state index in [0.29, 0.717) is 6.61 Å². The molecule has 1 heterocycles. The van der Waals surface area contributed by atoms with Crippen molar-refractivity contribution in [2.45, 2.75) is 81.7 Å². The second-order valence-corrected chi connectivity index (χ2v) is 6.29. The molecule has 1 rings (SSSR count). The molecule has 21 heavy (non-hydrogen) atoms. The van der Waals surface area contributed by atoms with Gasteiger partial charge in [-0.2, -0.15) is 12.6 Å². The van der Waals surface area contributed by atoms with Crippen LogP contribution in [0.2, 0.25) is 0 Å². The minimum Gasteiger partial charge on any atom is -0.394 e. The van der Waals surface area contributed by atoms with E-state index in [1.165, 1.54) is 32.1 Å². The summed E-state index contributed by atoms with van der Waals surface area (Å²) in [6.07, 6.45) is 4.75. The molecule has 0 bridgehead atoms. The van der Waals surface area contributed by atoms with E-state index in [2.05, 4.69) is 19.6 Å². The van der Waals surface area contributed by atoms with Crippen molar-refractivity contribution in [1.82, 2.24) is 0 Å². The summed E-state index contributed by atoms with van der Waals surface area (Å²) in [4.78, 5) is 0. The zero-order valence-corrected chi connectivity index (χ0v) is 13.8. The zero-order chi connectivity index (χ0) is 15.7. The highest BCUT2D eigenvalue weighted by Gasteiger charge is 2.42. The lowest BCUT2D eigenvalue weighted by Gasteiger charge is -2.40. The normalized spacial score (nSPS) is 33.3. The predicted molar refractivity (Wildman–Crippen MR) is 84.5 cm³/mol. The monoisotopic (exact) mass is 322 g/mol. The molecule has 5 nitrogen and oxygen atoms in total. The second kappa shape index (κ2) is 10.8. The van der Waals surface area contributed by atoms with Crippen LogP contribution in [0.4, 0.5) is 0 Å². The number of rotatable bonds is 10. The first-order chi connectivity index (χ1) is 10.1. The van der Waals surface area contributed by atoms with Crippen LogP contribution < -0.4 is 0 Å². The summed E-state index contributed by atoms with van der Waals surface area (Å²) < 4.78 is 10.9. The molecule has 1 saturated heterocycles. The fourth-order valence-corrected chi connectivity index (χ4v) is 2.80. The van der Waals surface area contributed by atoms with Gasteiger partial charge in [0.2, 0.25) is 0 Å². The Morgan fingerprint density at radius 3 is 2.24 bits per heavy atom. The molecule has 126 valence electrons. The molecule has 1 aliphatic rings. The molecular formula is C15H30O5S. The molecule has 0 radical (unpaired) electrons. The minimum absolute atomic E-state index is 0.317. The summed E-state index contributed by atoms with van der Waals surface area (Å²) in [5.41, 5.74) is 0. The van der Waals surface area contributed by atoms with Crippen molar-refractivity contribution < 1.29 is 24.8 Å². The largest absolute Gasteiger partial charge is 0.394 e. The highest BCUT2D eigenvalue weighted by molar-refractivity contribution is 7.81. The topological polar surface area (TPSA) is 79.2 Å². The number of hydrogen-bond acceptors (Lipinski definition) is 6. The van der Waals surface area contributed by atoms with E-state index >= 15 is 0 Å². The first-order valence-corrected chi connectivity index (χ1v) is 8.55. The van der Waals surface area contributed by atoms with Gasteiger partial charge in [-0.3, -0.25) is 0 Å². The van der Waals surface area contributed by atoms with Crippen LogP contribution in [0.3, 0.4) is 0 Å². The van der Waals surface area contributed by atoms with E-state index in [4.69, 9.17) is 14.6 Å². The molecule has 0 aromatic rings. The Morgan fingerprint density at radius 2 is 1.62 bits per heavy atom. The Kier molecular flexibility index (Phi) is 9.88. The van der Waals surface area contributed by atoms with Gasteiger partial charge in [0.25, 0.3) is 0 Å². The predicted octanol–water partition coefficient (Wildman–Crippen LogP) is 1.49. The van der Waals surface area contributed by atoms with Crippen molar-refractivity contribution in [3.63, 3.8) is 0 Å². The van der Waals surface area contributed by atoms with E-state index in [9.17, 15) is 10.2 Å². The standard InChI is InChI=1S/C15H30O5S/c1-2-3-4-5-6-7-8-9-19-15-13(18)14(21)12(17)11(10-16)20-15/h11-18,21H,2-10H2,1H3/t11-,12-,13-,14-,15+/m1/s1. The third kappa shape index (κ3) is 6.42. The summed E-state index contributed by atoms with van der Waals surface area (Å²) >= 11 is 4.16. The van der Waals surface area contributed by atoms with Crippen molar-refractivity contribution in [1.29, 1.82) is 0 Å². The van der Waals surface area contributed by atoms with Crippen LogP contribution in [0.1, 0.15) is 51.9 Å². The van der Waals surface area contributed by atoms with Crippen molar-refractivity contribution in [2.24, 2.45) is 0 Å². The van der Waals surface area contributed by atoms with Gasteiger partial charge in [-0.15, -0.1) is 0 Å². The summed E-state index contributed by atoms with van der Waals surface area (Å²) in [7, 11) is 0. The van der Waals surface area contributed by atoms with Crippen LogP contribution in [0.15, 0.2) is 0 Å². The lowest BCUT2D eigenvalue weighted by molar-refractivity contribution is -0.267. The molecule has 5 atom stereocenters. The highest BCUT2D eigenvalue weighted by Crippen LogP contribution is 2.25. The van der Waals surface area contributed by atoms with Gasteiger partial charge in [0.15, 0.2) is 6.29 Å². The maximum Gasteiger partial charge on any atom is 0.185 e. The van der Waals surface area contributed by atoms with Gasteiger partial charge >= 0.3 is 0 Å². The maximum atomic E-state index is 9.95. The smallest absolute Gasteiger partial charge is 0.185 e. The Labute approximate surface area is 133 Å². The summed E-state index contributed by atoms with van der Waals surface area (Å²) in [5.74, 6) is 0. The molecule has 1 fully saturated rings. The average molecular weight is 322 g/mol. The van der Waals surface area contributed by atoms with Gasteiger partial charge in [0.05, 0.1) is 18.0 Å². The number of ether oxygens (including phenoxy) is 2. The average Bonchev–Trinajstić information content (AvgIpc) is 2.49. The molecule has 0 aromatic heterocycles. The fraction of sp³-hybridized carbons (Fsp3) is 1.00. The van der Waals surface area contributed by atoms with E-state index < -0.39 is 29.9 Å². The van der Waals surface area contributed by atoms with Crippen molar-refractivity contribution in [2.75, 3.05) is 13.2 Å². The fourth-order valence-electron chi connectivity index (χ4n) is 2.46. The van der Waals surface area contributed by atoms with Gasteiger partial charge < -0.3 is 24.8 Å². The van der Waals surface area contributed by atoms with E-state index in [1.807, 2.05) is 0 Å². The van der Waals surface area contributed by atoms with Crippen molar-refractivity contribution in [3.8, 4) is 0 Å². The third-order valence-electron chi connectivity index (χ3n) is 3.88. The van der Waals surface area contributed by atoms with Crippen LogP contribution in [0.25, 0.3) is 0 Å². The summed E-state index contributed by atoms with van der Waals surface area (Å²) in [5, 5.41) is 28.2.